The molecule has 0 bridgehead atoms. The molecule has 0 saturated heterocycles. The molecule has 3 nitrogen and oxygen atoms in total. The van der Waals surface area contributed by atoms with Crippen LogP contribution in [0.1, 0.15) is 12.8 Å². The molecule has 84 valence electrons. The van der Waals surface area contributed by atoms with Crippen LogP contribution in [0.4, 0.5) is 0 Å². The predicted octanol–water partition coefficient (Wildman–Crippen LogP) is 3.45. The van der Waals surface area contributed by atoms with Crippen molar-refractivity contribution in [2.24, 2.45) is 0 Å². The van der Waals surface area contributed by atoms with E-state index >= 15 is 0 Å². The maximum atomic E-state index is 5.12. The second kappa shape index (κ2) is 4.01. The van der Waals surface area contributed by atoms with Gasteiger partial charge in [-0.05, 0) is 16.8 Å². The second-order valence-electron chi connectivity index (χ2n) is 3.93. The molecular weight excluding hydrogens is 212 g/mol. The van der Waals surface area contributed by atoms with Gasteiger partial charge in [-0.15, -0.1) is 0 Å². The second-order valence-corrected chi connectivity index (χ2v) is 3.93. The van der Waals surface area contributed by atoms with Crippen LogP contribution in [-0.4, -0.2) is 10.1 Å². The monoisotopic (exact) mass is 224 g/mol. The molecule has 3 heteroatoms. The van der Waals surface area contributed by atoms with E-state index in [-0.39, 0.29) is 0 Å². The summed E-state index contributed by atoms with van der Waals surface area (Å²) < 4.78 is 5.12. The van der Waals surface area contributed by atoms with Gasteiger partial charge in [-0.1, -0.05) is 48.5 Å². The van der Waals surface area contributed by atoms with Crippen LogP contribution in [-0.2, 0) is 6.42 Å². The van der Waals surface area contributed by atoms with Crippen molar-refractivity contribution in [3.63, 3.8) is 0 Å². The van der Waals surface area contributed by atoms with E-state index in [9.17, 15) is 0 Å². The van der Waals surface area contributed by atoms with Crippen LogP contribution in [0.15, 0.2) is 47.0 Å². The van der Waals surface area contributed by atoms with Crippen LogP contribution in [0.5, 0.6) is 0 Å². The van der Waals surface area contributed by atoms with Crippen molar-refractivity contribution < 1.29 is 4.52 Å². The van der Waals surface area contributed by atoms with Crippen molar-refractivity contribution in [1.29, 1.82) is 0 Å². The minimum Gasteiger partial charge on any atom is -0.339 e. The molecule has 0 N–H and O–H groups in total. The highest BCUT2D eigenvalue weighted by molar-refractivity contribution is 5.86. The molecule has 0 fully saturated rings. The molecule has 0 radical (unpaired) electrons. The van der Waals surface area contributed by atoms with Gasteiger partial charge >= 0.3 is 0 Å². The average molecular weight is 224 g/mol. The van der Waals surface area contributed by atoms with Gasteiger partial charge in [0.1, 0.15) is 0 Å². The summed E-state index contributed by atoms with van der Waals surface area (Å²) in [5.74, 6) is 1.33. The zero-order chi connectivity index (χ0) is 11.7. The highest BCUT2D eigenvalue weighted by Crippen LogP contribution is 2.22. The third-order valence-corrected chi connectivity index (χ3v) is 2.78. The Labute approximate surface area is 99.1 Å². The number of hydrogen-bond acceptors (Lipinski definition) is 3. The molecule has 1 aromatic heterocycles. The summed E-state index contributed by atoms with van der Waals surface area (Å²) in [6.07, 6.45) is 0.764. The molecular formula is C14H12N2O. The van der Waals surface area contributed by atoms with E-state index in [0.717, 1.165) is 12.0 Å². The standard InChI is InChI=1S/C14H12N2O/c1-2-13-15-14(16-17-13)12-8-7-10-5-3-4-6-11(10)9-12/h3-9H,2H2,1H3. The molecule has 0 aliphatic carbocycles. The van der Waals surface area contributed by atoms with E-state index in [4.69, 9.17) is 4.52 Å². The summed E-state index contributed by atoms with van der Waals surface area (Å²) in [7, 11) is 0. The topological polar surface area (TPSA) is 38.9 Å². The third-order valence-electron chi connectivity index (χ3n) is 2.78. The number of benzene rings is 2. The molecule has 0 amide bonds. The van der Waals surface area contributed by atoms with Crippen molar-refractivity contribution in [3.05, 3.63) is 48.4 Å². The quantitative estimate of drug-likeness (QED) is 0.669. The first-order chi connectivity index (χ1) is 8.36. The summed E-state index contributed by atoms with van der Waals surface area (Å²) in [5.41, 5.74) is 0.993. The summed E-state index contributed by atoms with van der Waals surface area (Å²) in [4.78, 5) is 4.33. The van der Waals surface area contributed by atoms with E-state index in [1.54, 1.807) is 0 Å². The zero-order valence-electron chi connectivity index (χ0n) is 9.55. The van der Waals surface area contributed by atoms with Crippen molar-refractivity contribution >= 4 is 10.8 Å². The number of hydrogen-bond donors (Lipinski definition) is 0. The van der Waals surface area contributed by atoms with E-state index in [1.165, 1.54) is 10.8 Å². The molecule has 0 atom stereocenters. The number of aryl methyl sites for hydroxylation is 1. The highest BCUT2D eigenvalue weighted by Gasteiger charge is 2.07. The summed E-state index contributed by atoms with van der Waals surface area (Å²) in [6.45, 7) is 2.00. The van der Waals surface area contributed by atoms with E-state index in [1.807, 2.05) is 25.1 Å². The van der Waals surface area contributed by atoms with Crippen molar-refractivity contribution in [2.45, 2.75) is 13.3 Å². The molecule has 17 heavy (non-hydrogen) atoms. The predicted molar refractivity (Wildman–Crippen MR) is 66.6 cm³/mol. The molecule has 3 rings (SSSR count). The van der Waals surface area contributed by atoms with Gasteiger partial charge in [0.05, 0.1) is 0 Å². The molecule has 0 aliphatic heterocycles. The van der Waals surface area contributed by atoms with Crippen molar-refractivity contribution in [2.75, 3.05) is 0 Å². The average Bonchev–Trinajstić information content (AvgIpc) is 2.87. The van der Waals surface area contributed by atoms with Gasteiger partial charge in [0, 0.05) is 12.0 Å². The molecule has 3 aromatic rings. The Hall–Kier alpha value is -2.16. The van der Waals surface area contributed by atoms with Crippen LogP contribution in [0.2, 0.25) is 0 Å². The summed E-state index contributed by atoms with van der Waals surface area (Å²) >= 11 is 0. The van der Waals surface area contributed by atoms with Crippen LogP contribution in [0.25, 0.3) is 22.2 Å². The Balaban J connectivity index is 2.11. The maximum absolute atomic E-state index is 5.12. The first kappa shape index (κ1) is 10.0. The number of rotatable bonds is 2. The van der Waals surface area contributed by atoms with E-state index < -0.39 is 0 Å². The van der Waals surface area contributed by atoms with Gasteiger partial charge in [-0.25, -0.2) is 0 Å². The fraction of sp³-hybridized carbons (Fsp3) is 0.143. The van der Waals surface area contributed by atoms with Crippen LogP contribution >= 0.6 is 0 Å². The Morgan fingerprint density at radius 3 is 2.65 bits per heavy atom. The first-order valence-corrected chi connectivity index (χ1v) is 5.68. The molecule has 0 spiro atoms. The number of nitrogens with zero attached hydrogens (tertiary/aromatic N) is 2. The largest absolute Gasteiger partial charge is 0.339 e. The van der Waals surface area contributed by atoms with E-state index in [0.29, 0.717) is 11.7 Å². The highest BCUT2D eigenvalue weighted by atomic mass is 16.5. The Morgan fingerprint density at radius 2 is 1.88 bits per heavy atom. The molecule has 0 aliphatic rings. The normalized spacial score (nSPS) is 10.9. The smallest absolute Gasteiger partial charge is 0.226 e. The van der Waals surface area contributed by atoms with Crippen LogP contribution < -0.4 is 0 Å². The minimum atomic E-state index is 0.660. The van der Waals surface area contributed by atoms with Crippen LogP contribution in [0, 0.1) is 0 Å². The Morgan fingerprint density at radius 1 is 1.06 bits per heavy atom. The van der Waals surface area contributed by atoms with Gasteiger partial charge < -0.3 is 4.52 Å². The number of aromatic nitrogens is 2. The lowest BCUT2D eigenvalue weighted by Crippen LogP contribution is -1.82. The zero-order valence-corrected chi connectivity index (χ0v) is 9.55. The van der Waals surface area contributed by atoms with Gasteiger partial charge in [0.2, 0.25) is 11.7 Å². The van der Waals surface area contributed by atoms with Gasteiger partial charge in [0.15, 0.2) is 0 Å². The minimum absolute atomic E-state index is 0.660. The fourth-order valence-corrected chi connectivity index (χ4v) is 1.84. The van der Waals surface area contributed by atoms with Gasteiger partial charge in [0.25, 0.3) is 0 Å². The maximum Gasteiger partial charge on any atom is 0.226 e. The van der Waals surface area contributed by atoms with E-state index in [2.05, 4.69) is 34.4 Å². The molecule has 0 saturated carbocycles. The lowest BCUT2D eigenvalue weighted by molar-refractivity contribution is 0.383. The van der Waals surface area contributed by atoms with Gasteiger partial charge in [-0.3, -0.25) is 0 Å². The SMILES string of the molecule is CCc1nc(-c2ccc3ccccc3c2)no1. The van der Waals surface area contributed by atoms with Gasteiger partial charge in [-0.2, -0.15) is 4.98 Å². The Bertz CT molecular complexity index is 658. The summed E-state index contributed by atoms with van der Waals surface area (Å²) in [6, 6.07) is 14.4. The molecule has 2 aromatic carbocycles. The fourth-order valence-electron chi connectivity index (χ4n) is 1.84. The van der Waals surface area contributed by atoms with Crippen molar-refractivity contribution in [3.8, 4) is 11.4 Å². The first-order valence-electron chi connectivity index (χ1n) is 5.68. The molecule has 0 unspecified atom stereocenters. The third kappa shape index (κ3) is 1.80. The molecule has 1 heterocycles. The lowest BCUT2D eigenvalue weighted by atomic mass is 10.1. The number of fused-ring (bicyclic) bond motifs is 1. The van der Waals surface area contributed by atoms with Crippen LogP contribution in [0.3, 0.4) is 0 Å². The lowest BCUT2D eigenvalue weighted by Gasteiger charge is -1.99. The Kier molecular flexibility index (Phi) is 2.37. The summed E-state index contributed by atoms with van der Waals surface area (Å²) in [5, 5.41) is 6.38. The van der Waals surface area contributed by atoms with Crippen molar-refractivity contribution in [1.82, 2.24) is 10.1 Å².